The Labute approximate surface area is 164 Å². The summed E-state index contributed by atoms with van der Waals surface area (Å²) in [7, 11) is 0. The molecule has 128 valence electrons. The topological polar surface area (TPSA) is 44.6 Å². The van der Waals surface area contributed by atoms with Gasteiger partial charge in [-0.15, -0.1) is 11.3 Å². The van der Waals surface area contributed by atoms with Crippen molar-refractivity contribution in [1.29, 1.82) is 0 Å². The van der Waals surface area contributed by atoms with Crippen molar-refractivity contribution >= 4 is 63.2 Å². The van der Waals surface area contributed by atoms with E-state index in [9.17, 15) is 5.21 Å². The SMILES string of the molecule is Cc1ccccc1Nc1ccc(/C(=N/O)c2cc(Cl)sc2Cl)c(Cl)c1. The summed E-state index contributed by atoms with van der Waals surface area (Å²) in [6.07, 6.45) is 0. The number of halogens is 3. The minimum absolute atomic E-state index is 0.278. The minimum atomic E-state index is 0.278. The molecule has 1 heterocycles. The highest BCUT2D eigenvalue weighted by atomic mass is 35.5. The molecule has 0 aliphatic carbocycles. The van der Waals surface area contributed by atoms with Crippen LogP contribution in [-0.4, -0.2) is 10.9 Å². The molecule has 0 aliphatic rings. The van der Waals surface area contributed by atoms with Gasteiger partial charge in [-0.1, -0.05) is 58.2 Å². The molecule has 0 aliphatic heterocycles. The second-order valence-corrected chi connectivity index (χ2v) is 8.01. The summed E-state index contributed by atoms with van der Waals surface area (Å²) in [6, 6.07) is 15.0. The number of para-hydroxylation sites is 1. The lowest BCUT2D eigenvalue weighted by atomic mass is 10.0. The number of nitrogens with one attached hydrogen (secondary N) is 1. The second kappa shape index (κ2) is 7.67. The third-order valence-electron chi connectivity index (χ3n) is 3.66. The first-order valence-electron chi connectivity index (χ1n) is 7.29. The van der Waals surface area contributed by atoms with Crippen LogP contribution in [0.2, 0.25) is 13.7 Å². The molecule has 0 saturated carbocycles. The van der Waals surface area contributed by atoms with Gasteiger partial charge in [0.1, 0.15) is 10.0 Å². The van der Waals surface area contributed by atoms with Crippen molar-refractivity contribution in [1.82, 2.24) is 0 Å². The lowest BCUT2D eigenvalue weighted by molar-refractivity contribution is 0.319. The molecule has 3 nitrogen and oxygen atoms in total. The van der Waals surface area contributed by atoms with Crippen LogP contribution in [0.1, 0.15) is 16.7 Å². The Morgan fingerprint density at radius 3 is 2.40 bits per heavy atom. The first kappa shape index (κ1) is 18.1. The van der Waals surface area contributed by atoms with Crippen molar-refractivity contribution in [3.63, 3.8) is 0 Å². The van der Waals surface area contributed by atoms with Gasteiger partial charge in [0.2, 0.25) is 0 Å². The van der Waals surface area contributed by atoms with Gasteiger partial charge < -0.3 is 10.5 Å². The average Bonchev–Trinajstić information content (AvgIpc) is 2.91. The van der Waals surface area contributed by atoms with E-state index in [2.05, 4.69) is 10.5 Å². The summed E-state index contributed by atoms with van der Waals surface area (Å²) in [5.74, 6) is 0. The molecule has 1 aromatic heterocycles. The number of thiophene rings is 1. The first-order valence-corrected chi connectivity index (χ1v) is 9.24. The van der Waals surface area contributed by atoms with Gasteiger partial charge in [0.15, 0.2) is 0 Å². The van der Waals surface area contributed by atoms with Crippen molar-refractivity contribution in [2.45, 2.75) is 6.92 Å². The highest BCUT2D eigenvalue weighted by molar-refractivity contribution is 7.20. The van der Waals surface area contributed by atoms with Crippen LogP contribution in [0.3, 0.4) is 0 Å². The number of benzene rings is 2. The number of nitrogens with zero attached hydrogens (tertiary/aromatic N) is 1. The highest BCUT2D eigenvalue weighted by Crippen LogP contribution is 2.35. The van der Waals surface area contributed by atoms with E-state index < -0.39 is 0 Å². The maximum Gasteiger partial charge on any atom is 0.121 e. The molecule has 2 N–H and O–H groups in total. The van der Waals surface area contributed by atoms with E-state index >= 15 is 0 Å². The van der Waals surface area contributed by atoms with Crippen LogP contribution in [0.4, 0.5) is 11.4 Å². The lowest BCUT2D eigenvalue weighted by Gasteiger charge is -2.12. The molecule has 0 fully saturated rings. The van der Waals surface area contributed by atoms with Crippen molar-refractivity contribution < 1.29 is 5.21 Å². The maximum absolute atomic E-state index is 9.45. The smallest absolute Gasteiger partial charge is 0.121 e. The van der Waals surface area contributed by atoms with Gasteiger partial charge in [-0.05, 0) is 42.8 Å². The van der Waals surface area contributed by atoms with E-state index in [1.165, 1.54) is 11.3 Å². The molecule has 0 bridgehead atoms. The van der Waals surface area contributed by atoms with Gasteiger partial charge in [0.05, 0.1) is 9.36 Å². The van der Waals surface area contributed by atoms with E-state index in [1.54, 1.807) is 18.2 Å². The molecule has 0 radical (unpaired) electrons. The Kier molecular flexibility index (Phi) is 5.54. The lowest BCUT2D eigenvalue weighted by Crippen LogP contribution is -2.04. The molecular formula is C18H13Cl3N2OS. The van der Waals surface area contributed by atoms with Crippen LogP contribution < -0.4 is 5.32 Å². The van der Waals surface area contributed by atoms with E-state index in [1.807, 2.05) is 37.3 Å². The molecule has 3 rings (SSSR count). The van der Waals surface area contributed by atoms with Crippen molar-refractivity contribution in [2.75, 3.05) is 5.32 Å². The summed E-state index contributed by atoms with van der Waals surface area (Å²) in [5.41, 5.74) is 4.34. The van der Waals surface area contributed by atoms with Crippen molar-refractivity contribution in [3.05, 3.63) is 78.9 Å². The number of anilines is 2. The normalized spacial score (nSPS) is 11.6. The predicted molar refractivity (Wildman–Crippen MR) is 108 cm³/mol. The van der Waals surface area contributed by atoms with Gasteiger partial charge in [0, 0.05) is 22.5 Å². The largest absolute Gasteiger partial charge is 0.410 e. The monoisotopic (exact) mass is 410 g/mol. The molecule has 25 heavy (non-hydrogen) atoms. The first-order chi connectivity index (χ1) is 12.0. The number of hydrogen-bond donors (Lipinski definition) is 2. The Hall–Kier alpha value is -1.72. The third-order valence-corrected chi connectivity index (χ3v) is 5.46. The predicted octanol–water partition coefficient (Wildman–Crippen LogP) is 6.99. The number of hydrogen-bond acceptors (Lipinski definition) is 4. The Bertz CT molecular complexity index is 953. The molecule has 0 unspecified atom stereocenters. The quantitative estimate of drug-likeness (QED) is 0.276. The van der Waals surface area contributed by atoms with E-state index in [-0.39, 0.29) is 5.71 Å². The standard InChI is InChI=1S/C18H13Cl3N2OS/c1-10-4-2-3-5-15(10)22-11-6-7-12(14(19)8-11)17(23-24)13-9-16(20)25-18(13)21/h2-9,22,24H,1H3/b23-17-. The summed E-state index contributed by atoms with van der Waals surface area (Å²) in [6.45, 7) is 2.02. The van der Waals surface area contributed by atoms with Crippen LogP contribution in [0.5, 0.6) is 0 Å². The third kappa shape index (κ3) is 3.93. The summed E-state index contributed by atoms with van der Waals surface area (Å²) in [4.78, 5) is 0. The zero-order valence-corrected chi connectivity index (χ0v) is 16.1. The van der Waals surface area contributed by atoms with Gasteiger partial charge in [-0.25, -0.2) is 0 Å². The van der Waals surface area contributed by atoms with Crippen LogP contribution in [0.15, 0.2) is 53.7 Å². The Morgan fingerprint density at radius 2 is 1.80 bits per heavy atom. The summed E-state index contributed by atoms with van der Waals surface area (Å²) >= 11 is 19.8. The number of rotatable bonds is 4. The zero-order valence-electron chi connectivity index (χ0n) is 13.1. The number of aryl methyl sites for hydroxylation is 1. The van der Waals surface area contributed by atoms with Gasteiger partial charge in [0.25, 0.3) is 0 Å². The Morgan fingerprint density at radius 1 is 1.04 bits per heavy atom. The van der Waals surface area contributed by atoms with Crippen LogP contribution in [0.25, 0.3) is 0 Å². The van der Waals surface area contributed by atoms with Crippen LogP contribution >= 0.6 is 46.1 Å². The second-order valence-electron chi connectivity index (χ2n) is 5.32. The van der Waals surface area contributed by atoms with Gasteiger partial charge >= 0.3 is 0 Å². The molecule has 3 aromatic rings. The van der Waals surface area contributed by atoms with Gasteiger partial charge in [-0.3, -0.25) is 0 Å². The van der Waals surface area contributed by atoms with E-state index in [0.29, 0.717) is 24.8 Å². The summed E-state index contributed by atoms with van der Waals surface area (Å²) < 4.78 is 0.950. The molecule has 0 saturated heterocycles. The average molecular weight is 412 g/mol. The van der Waals surface area contributed by atoms with E-state index in [4.69, 9.17) is 34.8 Å². The van der Waals surface area contributed by atoms with Crippen molar-refractivity contribution in [2.24, 2.45) is 5.16 Å². The molecule has 0 spiro atoms. The number of oxime groups is 1. The van der Waals surface area contributed by atoms with Crippen LogP contribution in [-0.2, 0) is 0 Å². The van der Waals surface area contributed by atoms with E-state index in [0.717, 1.165) is 16.9 Å². The van der Waals surface area contributed by atoms with Crippen LogP contribution in [0, 0.1) is 6.92 Å². The zero-order chi connectivity index (χ0) is 18.0. The molecule has 2 aromatic carbocycles. The fourth-order valence-electron chi connectivity index (χ4n) is 2.41. The minimum Gasteiger partial charge on any atom is -0.410 e. The summed E-state index contributed by atoms with van der Waals surface area (Å²) in [5, 5.41) is 16.6. The fraction of sp³-hybridized carbons (Fsp3) is 0.0556. The fourth-order valence-corrected chi connectivity index (χ4v) is 4.14. The molecule has 7 heteroatoms. The molecule has 0 amide bonds. The highest BCUT2D eigenvalue weighted by Gasteiger charge is 2.18. The Balaban J connectivity index is 1.94. The molecule has 0 atom stereocenters. The van der Waals surface area contributed by atoms with Crippen molar-refractivity contribution in [3.8, 4) is 0 Å². The van der Waals surface area contributed by atoms with Gasteiger partial charge in [-0.2, -0.15) is 0 Å². The molecular weight excluding hydrogens is 399 g/mol. The maximum atomic E-state index is 9.45.